The normalized spacial score (nSPS) is 12.6. The number of hydrogen-bond acceptors (Lipinski definition) is 3. The Bertz CT molecular complexity index is 453. The molecule has 1 amide bonds. The molecule has 0 unspecified atom stereocenters. The maximum atomic E-state index is 12.4. The molecule has 1 aromatic heterocycles. The smallest absolute Gasteiger partial charge is 0.257 e. The second-order valence-electron chi connectivity index (χ2n) is 6.99. The molecule has 1 N–H and O–H groups in total. The number of carbonyl (C=O) groups excluding carboxylic acids is 1. The van der Waals surface area contributed by atoms with Gasteiger partial charge < -0.3 is 9.84 Å². The number of hydrogen-bond donors (Lipinski definition) is 1. The van der Waals surface area contributed by atoms with E-state index in [1.807, 2.05) is 20.8 Å². The van der Waals surface area contributed by atoms with Crippen LogP contribution in [0.15, 0.2) is 4.52 Å². The quantitative estimate of drug-likeness (QED) is 0.907. The summed E-state index contributed by atoms with van der Waals surface area (Å²) in [6.45, 7) is 14.3. The van der Waals surface area contributed by atoms with Crippen LogP contribution < -0.4 is 5.32 Å². The molecule has 0 atom stereocenters. The lowest BCUT2D eigenvalue weighted by molar-refractivity contribution is 0.0889. The lowest BCUT2D eigenvalue weighted by atomic mass is 9.81. The van der Waals surface area contributed by atoms with Gasteiger partial charge in [-0.3, -0.25) is 4.79 Å². The van der Waals surface area contributed by atoms with E-state index in [4.69, 9.17) is 4.52 Å². The molecule has 0 radical (unpaired) electrons. The third-order valence-corrected chi connectivity index (χ3v) is 2.92. The van der Waals surface area contributed by atoms with Crippen molar-refractivity contribution < 1.29 is 9.32 Å². The fraction of sp³-hybridized carbons (Fsp3) is 0.733. The van der Waals surface area contributed by atoms with E-state index in [0.717, 1.165) is 12.1 Å². The highest BCUT2D eigenvalue weighted by atomic mass is 16.5. The van der Waals surface area contributed by atoms with Crippen molar-refractivity contribution in [1.29, 1.82) is 0 Å². The number of carbonyl (C=O) groups is 1. The zero-order valence-electron chi connectivity index (χ0n) is 13.2. The van der Waals surface area contributed by atoms with Crippen molar-refractivity contribution in [3.05, 3.63) is 17.0 Å². The van der Waals surface area contributed by atoms with Crippen molar-refractivity contribution in [1.82, 2.24) is 10.5 Å². The molecule has 4 heteroatoms. The Hall–Kier alpha value is -1.32. The largest absolute Gasteiger partial charge is 0.361 e. The topological polar surface area (TPSA) is 55.1 Å². The summed E-state index contributed by atoms with van der Waals surface area (Å²) >= 11 is 0. The number of amides is 1. The highest BCUT2D eigenvalue weighted by Gasteiger charge is 2.29. The first-order valence-electron chi connectivity index (χ1n) is 6.83. The van der Waals surface area contributed by atoms with Gasteiger partial charge in [-0.05, 0) is 39.0 Å². The number of aromatic nitrogens is 1. The van der Waals surface area contributed by atoms with Gasteiger partial charge in [0, 0.05) is 5.54 Å². The van der Waals surface area contributed by atoms with Crippen molar-refractivity contribution in [2.75, 3.05) is 0 Å². The molecule has 0 aromatic carbocycles. The molecule has 1 aromatic rings. The van der Waals surface area contributed by atoms with Crippen LogP contribution in [0, 0.1) is 12.3 Å². The Morgan fingerprint density at radius 1 is 1.26 bits per heavy atom. The summed E-state index contributed by atoms with van der Waals surface area (Å²) in [7, 11) is 0. The fourth-order valence-electron chi connectivity index (χ4n) is 2.69. The minimum Gasteiger partial charge on any atom is -0.361 e. The Morgan fingerprint density at radius 2 is 1.84 bits per heavy atom. The molecule has 0 aliphatic rings. The number of nitrogens with one attached hydrogen (secondary N) is 1. The van der Waals surface area contributed by atoms with E-state index in [1.54, 1.807) is 6.92 Å². The van der Waals surface area contributed by atoms with Crippen LogP contribution in [0.4, 0.5) is 0 Å². The first kappa shape index (κ1) is 15.7. The summed E-state index contributed by atoms with van der Waals surface area (Å²) in [5.41, 5.74) is 1.21. The average molecular weight is 266 g/mol. The predicted octanol–water partition coefficient (Wildman–Crippen LogP) is 3.49. The molecule has 108 valence electrons. The van der Waals surface area contributed by atoms with Gasteiger partial charge in [0.2, 0.25) is 0 Å². The minimum absolute atomic E-state index is 0.0927. The minimum atomic E-state index is -0.260. The van der Waals surface area contributed by atoms with Crippen molar-refractivity contribution in [2.24, 2.45) is 5.41 Å². The monoisotopic (exact) mass is 266 g/mol. The average Bonchev–Trinajstić information content (AvgIpc) is 2.54. The molecular weight excluding hydrogens is 240 g/mol. The van der Waals surface area contributed by atoms with Crippen LogP contribution in [0.1, 0.15) is 69.8 Å². The van der Waals surface area contributed by atoms with Gasteiger partial charge in [0.1, 0.15) is 11.3 Å². The summed E-state index contributed by atoms with van der Waals surface area (Å²) in [5, 5.41) is 7.02. The van der Waals surface area contributed by atoms with Crippen LogP contribution in [0.3, 0.4) is 0 Å². The first-order valence-corrected chi connectivity index (χ1v) is 6.83. The van der Waals surface area contributed by atoms with Gasteiger partial charge in [-0.1, -0.05) is 32.9 Å². The zero-order valence-corrected chi connectivity index (χ0v) is 13.2. The van der Waals surface area contributed by atoms with E-state index in [-0.39, 0.29) is 16.9 Å². The van der Waals surface area contributed by atoms with Crippen LogP contribution in [-0.2, 0) is 6.42 Å². The standard InChI is InChI=1S/C15H26N2O2/c1-8-11-12(10(2)19-17-11)13(18)16-15(6,7)9-14(3,4)5/h8-9H2,1-7H3,(H,16,18). The van der Waals surface area contributed by atoms with E-state index < -0.39 is 0 Å². The van der Waals surface area contributed by atoms with Crippen LogP contribution in [0.25, 0.3) is 0 Å². The summed E-state index contributed by atoms with van der Waals surface area (Å²) in [6, 6.07) is 0. The summed E-state index contributed by atoms with van der Waals surface area (Å²) in [6.07, 6.45) is 1.59. The van der Waals surface area contributed by atoms with Gasteiger partial charge in [0.15, 0.2) is 0 Å². The first-order chi connectivity index (χ1) is 8.56. The lowest BCUT2D eigenvalue weighted by Crippen LogP contribution is -2.46. The molecule has 0 aliphatic heterocycles. The Labute approximate surface area is 115 Å². The van der Waals surface area contributed by atoms with Crippen LogP contribution in [0.2, 0.25) is 0 Å². The molecule has 0 fully saturated rings. The lowest BCUT2D eigenvalue weighted by Gasteiger charge is -2.33. The maximum Gasteiger partial charge on any atom is 0.257 e. The molecule has 19 heavy (non-hydrogen) atoms. The summed E-state index contributed by atoms with van der Waals surface area (Å²) in [5.74, 6) is 0.491. The second kappa shape index (κ2) is 5.35. The molecule has 4 nitrogen and oxygen atoms in total. The maximum absolute atomic E-state index is 12.4. The van der Waals surface area contributed by atoms with Gasteiger partial charge in [-0.15, -0.1) is 0 Å². The van der Waals surface area contributed by atoms with Crippen LogP contribution in [0.5, 0.6) is 0 Å². The Morgan fingerprint density at radius 3 is 2.32 bits per heavy atom. The highest BCUT2D eigenvalue weighted by Crippen LogP contribution is 2.27. The van der Waals surface area contributed by atoms with Crippen molar-refractivity contribution in [2.45, 2.75) is 66.8 Å². The van der Waals surface area contributed by atoms with E-state index in [1.165, 1.54) is 0 Å². The van der Waals surface area contributed by atoms with Gasteiger partial charge in [0.25, 0.3) is 5.91 Å². The van der Waals surface area contributed by atoms with Gasteiger partial charge >= 0.3 is 0 Å². The number of rotatable bonds is 4. The third-order valence-electron chi connectivity index (χ3n) is 2.92. The van der Waals surface area contributed by atoms with Crippen molar-refractivity contribution >= 4 is 5.91 Å². The van der Waals surface area contributed by atoms with Gasteiger partial charge in [0.05, 0.1) is 5.69 Å². The van der Waals surface area contributed by atoms with Crippen LogP contribution >= 0.6 is 0 Å². The third kappa shape index (κ3) is 4.37. The molecule has 1 rings (SSSR count). The molecule has 1 heterocycles. The van der Waals surface area contributed by atoms with Gasteiger partial charge in [-0.2, -0.15) is 0 Å². The van der Waals surface area contributed by atoms with Crippen molar-refractivity contribution in [3.63, 3.8) is 0 Å². The molecule has 0 aliphatic carbocycles. The number of aryl methyl sites for hydroxylation is 2. The molecular formula is C15H26N2O2. The van der Waals surface area contributed by atoms with Crippen molar-refractivity contribution in [3.8, 4) is 0 Å². The molecule has 0 bridgehead atoms. The summed E-state index contributed by atoms with van der Waals surface area (Å²) < 4.78 is 5.11. The molecule has 0 spiro atoms. The fourth-order valence-corrected chi connectivity index (χ4v) is 2.69. The second-order valence-corrected chi connectivity index (χ2v) is 6.99. The highest BCUT2D eigenvalue weighted by molar-refractivity contribution is 5.96. The van der Waals surface area contributed by atoms with E-state index in [0.29, 0.717) is 17.7 Å². The predicted molar refractivity (Wildman–Crippen MR) is 76.2 cm³/mol. The zero-order chi connectivity index (χ0) is 14.8. The van der Waals surface area contributed by atoms with E-state index in [9.17, 15) is 4.79 Å². The van der Waals surface area contributed by atoms with E-state index >= 15 is 0 Å². The van der Waals surface area contributed by atoms with Crippen LogP contribution in [-0.4, -0.2) is 16.6 Å². The Balaban J connectivity index is 2.87. The SMILES string of the molecule is CCc1noc(C)c1C(=O)NC(C)(C)CC(C)(C)C. The molecule has 0 saturated heterocycles. The molecule has 0 saturated carbocycles. The Kier molecular flexibility index (Phi) is 4.43. The summed E-state index contributed by atoms with van der Waals surface area (Å²) in [4.78, 5) is 12.4. The van der Waals surface area contributed by atoms with E-state index in [2.05, 4.69) is 31.2 Å². The number of nitrogens with zero attached hydrogens (tertiary/aromatic N) is 1. The van der Waals surface area contributed by atoms with Gasteiger partial charge in [-0.25, -0.2) is 0 Å².